The molecule has 0 heterocycles. The van der Waals surface area contributed by atoms with Crippen LogP contribution in [0.15, 0.2) is 0 Å². The number of nitrogens with one attached hydrogen (secondary N) is 1. The maximum atomic E-state index is 10.3. The number of carboxylic acids is 1. The zero-order valence-electron chi connectivity index (χ0n) is 6.87. The van der Waals surface area contributed by atoms with E-state index in [2.05, 4.69) is 5.32 Å². The smallest absolute Gasteiger partial charge is 0.310 e. The van der Waals surface area contributed by atoms with E-state index in [4.69, 9.17) is 10.2 Å². The first-order valence-corrected chi connectivity index (χ1v) is 3.65. The van der Waals surface area contributed by atoms with E-state index in [1.807, 2.05) is 13.8 Å². The standard InChI is InChI=1S/C7H15NO3/c1-5(2)8-3-6(4-9)7(10)11/h5-6,8-9H,3-4H2,1-2H3,(H,10,11)/t6-/m1/s1. The molecule has 0 fully saturated rings. The number of aliphatic carboxylic acids is 1. The van der Waals surface area contributed by atoms with Crippen LogP contribution in [0.5, 0.6) is 0 Å². The van der Waals surface area contributed by atoms with Crippen molar-refractivity contribution in [2.45, 2.75) is 19.9 Å². The Morgan fingerprint density at radius 2 is 2.09 bits per heavy atom. The molecule has 0 radical (unpaired) electrons. The van der Waals surface area contributed by atoms with Gasteiger partial charge in [-0.1, -0.05) is 13.8 Å². The molecule has 0 spiro atoms. The third-order valence-electron chi connectivity index (χ3n) is 1.34. The van der Waals surface area contributed by atoms with Crippen LogP contribution in [0, 0.1) is 5.92 Å². The van der Waals surface area contributed by atoms with Gasteiger partial charge in [0.05, 0.1) is 12.5 Å². The second-order valence-corrected chi connectivity index (χ2v) is 2.78. The SMILES string of the molecule is CC(C)NC[C@H](CO)C(=O)O. The minimum absolute atomic E-state index is 0.253. The molecule has 0 amide bonds. The topological polar surface area (TPSA) is 69.6 Å². The second-order valence-electron chi connectivity index (χ2n) is 2.78. The van der Waals surface area contributed by atoms with Gasteiger partial charge in [-0.3, -0.25) is 4.79 Å². The number of carboxylic acid groups (broad SMARTS) is 1. The lowest BCUT2D eigenvalue weighted by atomic mass is 10.1. The molecule has 0 aliphatic heterocycles. The molecule has 11 heavy (non-hydrogen) atoms. The van der Waals surface area contributed by atoms with E-state index in [1.165, 1.54) is 0 Å². The minimum Gasteiger partial charge on any atom is -0.481 e. The Balaban J connectivity index is 3.61. The second kappa shape index (κ2) is 5.09. The number of hydrogen-bond donors (Lipinski definition) is 3. The van der Waals surface area contributed by atoms with Crippen molar-refractivity contribution in [3.05, 3.63) is 0 Å². The minimum atomic E-state index is -0.958. The lowest BCUT2D eigenvalue weighted by molar-refractivity contribution is -0.142. The first-order valence-electron chi connectivity index (χ1n) is 3.65. The number of aliphatic hydroxyl groups excluding tert-OH is 1. The van der Waals surface area contributed by atoms with Crippen LogP contribution < -0.4 is 5.32 Å². The van der Waals surface area contributed by atoms with Gasteiger partial charge in [0.1, 0.15) is 0 Å². The zero-order chi connectivity index (χ0) is 8.85. The van der Waals surface area contributed by atoms with E-state index in [-0.39, 0.29) is 12.6 Å². The molecule has 1 atom stereocenters. The predicted octanol–water partition coefficient (Wildman–Crippen LogP) is -0.323. The average molecular weight is 161 g/mol. The molecular weight excluding hydrogens is 146 g/mol. The molecule has 0 aromatic rings. The van der Waals surface area contributed by atoms with Crippen LogP contribution in [0.1, 0.15) is 13.8 Å². The van der Waals surface area contributed by atoms with Crippen LogP contribution in [-0.4, -0.2) is 35.4 Å². The summed E-state index contributed by atoms with van der Waals surface area (Å²) >= 11 is 0. The lowest BCUT2D eigenvalue weighted by Crippen LogP contribution is -2.34. The van der Waals surface area contributed by atoms with E-state index in [0.717, 1.165) is 0 Å². The summed E-state index contributed by atoms with van der Waals surface area (Å²) in [5, 5.41) is 20.0. The number of aliphatic hydroxyl groups is 1. The van der Waals surface area contributed by atoms with E-state index in [9.17, 15) is 4.79 Å². The third kappa shape index (κ3) is 4.75. The van der Waals surface area contributed by atoms with Crippen LogP contribution in [0.25, 0.3) is 0 Å². The van der Waals surface area contributed by atoms with Crippen molar-refractivity contribution >= 4 is 5.97 Å². The largest absolute Gasteiger partial charge is 0.481 e. The van der Waals surface area contributed by atoms with E-state index < -0.39 is 11.9 Å². The summed E-state index contributed by atoms with van der Waals surface area (Å²) < 4.78 is 0. The van der Waals surface area contributed by atoms with Crippen LogP contribution in [0.4, 0.5) is 0 Å². The molecule has 66 valence electrons. The van der Waals surface area contributed by atoms with Gasteiger partial charge >= 0.3 is 5.97 Å². The summed E-state index contributed by atoms with van der Waals surface area (Å²) in [6, 6.07) is 0.253. The van der Waals surface area contributed by atoms with Gasteiger partial charge in [-0.25, -0.2) is 0 Å². The molecule has 0 rings (SSSR count). The summed E-state index contributed by atoms with van der Waals surface area (Å²) in [6.45, 7) is 3.87. The predicted molar refractivity (Wildman–Crippen MR) is 41.4 cm³/mol. The Hall–Kier alpha value is -0.610. The van der Waals surface area contributed by atoms with Crippen LogP contribution in [0.3, 0.4) is 0 Å². The zero-order valence-corrected chi connectivity index (χ0v) is 6.87. The van der Waals surface area contributed by atoms with Gasteiger partial charge < -0.3 is 15.5 Å². The molecule has 3 N–H and O–H groups in total. The first kappa shape index (κ1) is 10.4. The fourth-order valence-electron chi connectivity index (χ4n) is 0.608. The van der Waals surface area contributed by atoms with Gasteiger partial charge in [-0.05, 0) is 0 Å². The van der Waals surface area contributed by atoms with Crippen molar-refractivity contribution in [3.63, 3.8) is 0 Å². The van der Waals surface area contributed by atoms with Gasteiger partial charge in [0.25, 0.3) is 0 Å². The van der Waals surface area contributed by atoms with E-state index in [0.29, 0.717) is 6.54 Å². The van der Waals surface area contributed by atoms with Crippen molar-refractivity contribution in [2.75, 3.05) is 13.2 Å². The normalized spacial score (nSPS) is 13.5. The highest BCUT2D eigenvalue weighted by molar-refractivity contribution is 5.70. The first-order chi connectivity index (χ1) is 5.07. The van der Waals surface area contributed by atoms with Crippen molar-refractivity contribution < 1.29 is 15.0 Å². The Bertz CT molecular complexity index is 125. The highest BCUT2D eigenvalue weighted by Gasteiger charge is 2.15. The van der Waals surface area contributed by atoms with Gasteiger partial charge in [0.15, 0.2) is 0 Å². The third-order valence-corrected chi connectivity index (χ3v) is 1.34. The van der Waals surface area contributed by atoms with Crippen LogP contribution in [0.2, 0.25) is 0 Å². The summed E-state index contributed by atoms with van der Waals surface area (Å²) in [5.41, 5.74) is 0. The average Bonchev–Trinajstić information content (AvgIpc) is 1.87. The summed E-state index contributed by atoms with van der Waals surface area (Å²) in [7, 11) is 0. The quantitative estimate of drug-likeness (QED) is 0.516. The fourth-order valence-corrected chi connectivity index (χ4v) is 0.608. The molecule has 0 aliphatic rings. The molecular formula is C7H15NO3. The Kier molecular flexibility index (Phi) is 4.81. The van der Waals surface area contributed by atoms with Crippen molar-refractivity contribution in [3.8, 4) is 0 Å². The van der Waals surface area contributed by atoms with Crippen LogP contribution >= 0.6 is 0 Å². The number of hydrogen-bond acceptors (Lipinski definition) is 3. The monoisotopic (exact) mass is 161 g/mol. The molecule has 0 saturated heterocycles. The number of rotatable bonds is 5. The van der Waals surface area contributed by atoms with Crippen LogP contribution in [-0.2, 0) is 4.79 Å². The molecule has 0 saturated carbocycles. The highest BCUT2D eigenvalue weighted by Crippen LogP contribution is 1.93. The maximum absolute atomic E-state index is 10.3. The Labute approximate surface area is 66.2 Å². The van der Waals surface area contributed by atoms with E-state index >= 15 is 0 Å². The lowest BCUT2D eigenvalue weighted by Gasteiger charge is -2.12. The Morgan fingerprint density at radius 1 is 1.55 bits per heavy atom. The molecule has 0 aliphatic carbocycles. The van der Waals surface area contributed by atoms with Gasteiger partial charge in [0, 0.05) is 12.6 Å². The van der Waals surface area contributed by atoms with Gasteiger partial charge in [0.2, 0.25) is 0 Å². The van der Waals surface area contributed by atoms with Crippen molar-refractivity contribution in [1.29, 1.82) is 0 Å². The fraction of sp³-hybridized carbons (Fsp3) is 0.857. The van der Waals surface area contributed by atoms with Crippen molar-refractivity contribution in [1.82, 2.24) is 5.32 Å². The molecule has 0 unspecified atom stereocenters. The summed E-state index contributed by atoms with van der Waals surface area (Å²) in [5.74, 6) is -1.64. The molecule has 0 bridgehead atoms. The van der Waals surface area contributed by atoms with Crippen molar-refractivity contribution in [2.24, 2.45) is 5.92 Å². The van der Waals surface area contributed by atoms with Gasteiger partial charge in [-0.2, -0.15) is 0 Å². The summed E-state index contributed by atoms with van der Waals surface area (Å²) in [6.07, 6.45) is 0. The van der Waals surface area contributed by atoms with Gasteiger partial charge in [-0.15, -0.1) is 0 Å². The number of carbonyl (C=O) groups is 1. The molecule has 0 aromatic heterocycles. The molecule has 4 heteroatoms. The Morgan fingerprint density at radius 3 is 2.36 bits per heavy atom. The highest BCUT2D eigenvalue weighted by atomic mass is 16.4. The summed E-state index contributed by atoms with van der Waals surface area (Å²) in [4.78, 5) is 10.3. The molecule has 0 aromatic carbocycles. The molecule has 4 nitrogen and oxygen atoms in total. The maximum Gasteiger partial charge on any atom is 0.310 e. The van der Waals surface area contributed by atoms with E-state index in [1.54, 1.807) is 0 Å².